The van der Waals surface area contributed by atoms with Gasteiger partial charge in [0.05, 0.1) is 6.10 Å². The molecule has 0 heterocycles. The van der Waals surface area contributed by atoms with Crippen LogP contribution in [0.25, 0.3) is 0 Å². The van der Waals surface area contributed by atoms with Crippen LogP contribution in [0.5, 0.6) is 0 Å². The summed E-state index contributed by atoms with van der Waals surface area (Å²) in [6, 6.07) is 9.60. The number of unbranched alkanes of at least 4 members (excludes halogenated alkanes) is 9. The molecule has 3 rings (SSSR count). The molecule has 0 aromatic heterocycles. The number of aryl methyl sites for hydroxylation is 1. The molecule has 0 spiro atoms. The molecule has 0 amide bonds. The van der Waals surface area contributed by atoms with E-state index in [-0.39, 0.29) is 0 Å². The maximum Gasteiger partial charge on any atom is 0.0575 e. The van der Waals surface area contributed by atoms with Gasteiger partial charge >= 0.3 is 0 Å². The van der Waals surface area contributed by atoms with E-state index < -0.39 is 0 Å². The number of ether oxygens (including phenoxy) is 1. The van der Waals surface area contributed by atoms with Crippen LogP contribution in [0.2, 0.25) is 0 Å². The number of benzene rings is 1. The highest BCUT2D eigenvalue weighted by Gasteiger charge is 2.24. The molecule has 1 aromatic rings. The Morgan fingerprint density at radius 2 is 1.11 bits per heavy atom. The maximum absolute atomic E-state index is 6.36. The molecule has 2 fully saturated rings. The number of hydrogen-bond acceptors (Lipinski definition) is 1. The first kappa shape index (κ1) is 30.7. The molecule has 0 radical (unpaired) electrons. The van der Waals surface area contributed by atoms with Crippen molar-refractivity contribution in [3.05, 3.63) is 35.4 Å². The van der Waals surface area contributed by atoms with E-state index in [1.165, 1.54) is 153 Å². The van der Waals surface area contributed by atoms with Crippen LogP contribution >= 0.6 is 0 Å². The van der Waals surface area contributed by atoms with E-state index in [1.807, 2.05) is 0 Å². The first-order chi connectivity index (χ1) is 18.3. The first-order valence-electron chi connectivity index (χ1n) is 17.0. The van der Waals surface area contributed by atoms with Crippen LogP contribution in [-0.4, -0.2) is 12.7 Å². The van der Waals surface area contributed by atoms with Crippen molar-refractivity contribution in [1.29, 1.82) is 0 Å². The van der Waals surface area contributed by atoms with E-state index in [1.54, 1.807) is 5.56 Å². The molecule has 1 aromatic carbocycles. The van der Waals surface area contributed by atoms with Gasteiger partial charge in [-0.05, 0) is 80.2 Å². The Balaban J connectivity index is 1.16. The number of hydrogen-bond donors (Lipinski definition) is 0. The first-order valence-corrected chi connectivity index (χ1v) is 17.0. The normalized spacial score (nSPS) is 24.4. The Kier molecular flexibility index (Phi) is 16.0. The van der Waals surface area contributed by atoms with Gasteiger partial charge in [-0.3, -0.25) is 0 Å². The lowest BCUT2D eigenvalue weighted by Crippen LogP contribution is -2.21. The summed E-state index contributed by atoms with van der Waals surface area (Å²) in [5.74, 6) is 2.78. The van der Waals surface area contributed by atoms with Crippen LogP contribution < -0.4 is 0 Å². The highest BCUT2D eigenvalue weighted by molar-refractivity contribution is 5.26. The summed E-state index contributed by atoms with van der Waals surface area (Å²) in [4.78, 5) is 0. The van der Waals surface area contributed by atoms with Gasteiger partial charge in [0.2, 0.25) is 0 Å². The molecule has 0 unspecified atom stereocenters. The lowest BCUT2D eigenvalue weighted by molar-refractivity contribution is 0.0204. The summed E-state index contributed by atoms with van der Waals surface area (Å²) >= 11 is 0. The molecule has 0 saturated heterocycles. The molecule has 0 aliphatic heterocycles. The van der Waals surface area contributed by atoms with Crippen molar-refractivity contribution in [3.8, 4) is 0 Å². The second-order valence-corrected chi connectivity index (χ2v) is 12.8. The van der Waals surface area contributed by atoms with E-state index in [9.17, 15) is 0 Å². The summed E-state index contributed by atoms with van der Waals surface area (Å²) < 4.78 is 6.36. The van der Waals surface area contributed by atoms with Gasteiger partial charge in [0.1, 0.15) is 0 Å². The molecule has 0 atom stereocenters. The average Bonchev–Trinajstić information content (AvgIpc) is 2.94. The zero-order chi connectivity index (χ0) is 26.0. The van der Waals surface area contributed by atoms with Gasteiger partial charge in [-0.2, -0.15) is 0 Å². The van der Waals surface area contributed by atoms with E-state index in [0.717, 1.165) is 24.4 Å². The lowest BCUT2D eigenvalue weighted by atomic mass is 9.78. The van der Waals surface area contributed by atoms with E-state index in [2.05, 4.69) is 38.1 Å². The van der Waals surface area contributed by atoms with E-state index >= 15 is 0 Å². The molecule has 0 bridgehead atoms. The van der Waals surface area contributed by atoms with Gasteiger partial charge in [-0.15, -0.1) is 0 Å². The predicted octanol–water partition coefficient (Wildman–Crippen LogP) is 11.6. The zero-order valence-corrected chi connectivity index (χ0v) is 25.0. The SMILES string of the molecule is CCCCCCCCCCC1CCC(CCCOC2CCC(c3ccc(CCCCC)cc3)CC2)CC1. The van der Waals surface area contributed by atoms with Crippen molar-refractivity contribution in [2.24, 2.45) is 11.8 Å². The Bertz CT molecular complexity index is 648. The summed E-state index contributed by atoms with van der Waals surface area (Å²) in [6.45, 7) is 5.59. The third-order valence-electron chi connectivity index (χ3n) is 9.74. The minimum Gasteiger partial charge on any atom is -0.378 e. The molecular formula is C36H62O. The molecule has 212 valence electrons. The Morgan fingerprint density at radius 1 is 0.568 bits per heavy atom. The molecule has 1 nitrogen and oxygen atoms in total. The summed E-state index contributed by atoms with van der Waals surface area (Å²) in [5.41, 5.74) is 3.09. The fourth-order valence-electron chi connectivity index (χ4n) is 7.10. The van der Waals surface area contributed by atoms with Gasteiger partial charge in [0, 0.05) is 6.61 Å². The second kappa shape index (κ2) is 19.3. The lowest BCUT2D eigenvalue weighted by Gasteiger charge is -2.30. The molecule has 0 N–H and O–H groups in total. The summed E-state index contributed by atoms with van der Waals surface area (Å²) in [5, 5.41) is 0. The fourth-order valence-corrected chi connectivity index (χ4v) is 7.10. The van der Waals surface area contributed by atoms with Gasteiger partial charge in [-0.1, -0.05) is 134 Å². The van der Waals surface area contributed by atoms with Crippen LogP contribution in [0, 0.1) is 11.8 Å². The Labute approximate surface area is 231 Å². The minimum absolute atomic E-state index is 0.520. The molecule has 37 heavy (non-hydrogen) atoms. The minimum atomic E-state index is 0.520. The largest absolute Gasteiger partial charge is 0.378 e. The highest BCUT2D eigenvalue weighted by atomic mass is 16.5. The maximum atomic E-state index is 6.36. The van der Waals surface area contributed by atoms with Crippen LogP contribution in [0.4, 0.5) is 0 Å². The van der Waals surface area contributed by atoms with Crippen molar-refractivity contribution in [2.45, 2.75) is 174 Å². The monoisotopic (exact) mass is 510 g/mol. The van der Waals surface area contributed by atoms with Gasteiger partial charge in [0.25, 0.3) is 0 Å². The van der Waals surface area contributed by atoms with Gasteiger partial charge in [0.15, 0.2) is 0 Å². The van der Waals surface area contributed by atoms with E-state index in [4.69, 9.17) is 4.74 Å². The Morgan fingerprint density at radius 3 is 1.73 bits per heavy atom. The predicted molar refractivity (Wildman–Crippen MR) is 163 cm³/mol. The highest BCUT2D eigenvalue weighted by Crippen LogP contribution is 2.36. The van der Waals surface area contributed by atoms with Crippen molar-refractivity contribution >= 4 is 0 Å². The smallest absolute Gasteiger partial charge is 0.0575 e. The molecule has 2 saturated carbocycles. The molecule has 2 aliphatic carbocycles. The fraction of sp³-hybridized carbons (Fsp3) is 0.833. The summed E-state index contributed by atoms with van der Waals surface area (Å²) in [7, 11) is 0. The second-order valence-electron chi connectivity index (χ2n) is 12.8. The van der Waals surface area contributed by atoms with Crippen LogP contribution in [0.3, 0.4) is 0 Å². The zero-order valence-electron chi connectivity index (χ0n) is 25.0. The third kappa shape index (κ3) is 12.7. The van der Waals surface area contributed by atoms with Gasteiger partial charge in [-0.25, -0.2) is 0 Å². The van der Waals surface area contributed by atoms with Crippen molar-refractivity contribution in [1.82, 2.24) is 0 Å². The Hall–Kier alpha value is -0.820. The van der Waals surface area contributed by atoms with Crippen LogP contribution in [0.1, 0.15) is 172 Å². The number of rotatable bonds is 19. The van der Waals surface area contributed by atoms with Crippen molar-refractivity contribution in [3.63, 3.8) is 0 Å². The average molecular weight is 511 g/mol. The van der Waals surface area contributed by atoms with Crippen LogP contribution in [0.15, 0.2) is 24.3 Å². The van der Waals surface area contributed by atoms with Gasteiger partial charge < -0.3 is 4.74 Å². The molecule has 2 aliphatic rings. The summed E-state index contributed by atoms with van der Waals surface area (Å²) in [6.07, 6.45) is 32.7. The van der Waals surface area contributed by atoms with Crippen molar-refractivity contribution in [2.75, 3.05) is 6.61 Å². The topological polar surface area (TPSA) is 9.23 Å². The standard InChI is InChI=1S/C36H62O/c1-3-5-7-8-9-10-11-13-16-31-18-20-33(21-19-31)17-14-30-37-36-28-26-35(27-29-36)34-24-22-32(23-25-34)15-12-6-4-2/h22-25,31,33,35-36H,3-21,26-30H2,1-2H3. The third-order valence-corrected chi connectivity index (χ3v) is 9.74. The van der Waals surface area contributed by atoms with Crippen molar-refractivity contribution < 1.29 is 4.74 Å². The quantitative estimate of drug-likeness (QED) is 0.168. The molecule has 1 heteroatoms. The van der Waals surface area contributed by atoms with Crippen LogP contribution in [-0.2, 0) is 11.2 Å². The molecular weight excluding hydrogens is 448 g/mol. The van der Waals surface area contributed by atoms with E-state index in [0.29, 0.717) is 6.10 Å².